The molecule has 5 nitrogen and oxygen atoms in total. The van der Waals surface area contributed by atoms with Crippen LogP contribution in [0.25, 0.3) is 0 Å². The van der Waals surface area contributed by atoms with E-state index in [1.54, 1.807) is 11.5 Å². The molecule has 0 atom stereocenters. The number of aromatic nitrogens is 4. The van der Waals surface area contributed by atoms with Gasteiger partial charge in [0.05, 0.1) is 18.3 Å². The van der Waals surface area contributed by atoms with Gasteiger partial charge in [0.15, 0.2) is 0 Å². The molecule has 0 aliphatic rings. The van der Waals surface area contributed by atoms with Gasteiger partial charge in [-0.25, -0.2) is 4.98 Å². The van der Waals surface area contributed by atoms with Gasteiger partial charge < -0.3 is 0 Å². The maximum atomic E-state index is 11.9. The standard InChI is InChI=1S/C14H19ClN4O/c1-4-12(5-2)19-7-6-11(17-19)9-18-10(3)16-13(15)8-14(18)20/h6-8,12H,4-5,9H2,1-3H3. The Labute approximate surface area is 123 Å². The van der Waals surface area contributed by atoms with Gasteiger partial charge in [0.1, 0.15) is 11.0 Å². The highest BCUT2D eigenvalue weighted by molar-refractivity contribution is 6.29. The predicted octanol–water partition coefficient (Wildman–Crippen LogP) is 2.81. The molecule has 6 heteroatoms. The van der Waals surface area contributed by atoms with Crippen molar-refractivity contribution in [3.63, 3.8) is 0 Å². The summed E-state index contributed by atoms with van der Waals surface area (Å²) in [6, 6.07) is 3.68. The van der Waals surface area contributed by atoms with Crippen molar-refractivity contribution >= 4 is 11.6 Å². The fourth-order valence-corrected chi connectivity index (χ4v) is 2.48. The van der Waals surface area contributed by atoms with Gasteiger partial charge >= 0.3 is 0 Å². The van der Waals surface area contributed by atoms with Gasteiger partial charge in [0, 0.05) is 12.3 Å². The van der Waals surface area contributed by atoms with Crippen molar-refractivity contribution in [2.24, 2.45) is 0 Å². The van der Waals surface area contributed by atoms with Crippen LogP contribution < -0.4 is 5.56 Å². The van der Waals surface area contributed by atoms with Crippen LogP contribution >= 0.6 is 11.6 Å². The molecule has 2 aromatic heterocycles. The zero-order chi connectivity index (χ0) is 14.7. The normalized spacial score (nSPS) is 11.2. The Balaban J connectivity index is 2.25. The lowest BCUT2D eigenvalue weighted by Crippen LogP contribution is -2.23. The number of aryl methyl sites for hydroxylation is 1. The van der Waals surface area contributed by atoms with E-state index in [1.165, 1.54) is 6.07 Å². The second-order valence-electron chi connectivity index (χ2n) is 4.81. The molecular formula is C14H19ClN4O. The van der Waals surface area contributed by atoms with Crippen LogP contribution in [0, 0.1) is 6.92 Å². The molecule has 0 fully saturated rings. The summed E-state index contributed by atoms with van der Waals surface area (Å²) in [5.41, 5.74) is 0.700. The monoisotopic (exact) mass is 294 g/mol. The largest absolute Gasteiger partial charge is 0.291 e. The molecule has 0 saturated heterocycles. The van der Waals surface area contributed by atoms with E-state index in [9.17, 15) is 4.79 Å². The van der Waals surface area contributed by atoms with E-state index in [4.69, 9.17) is 11.6 Å². The van der Waals surface area contributed by atoms with E-state index in [0.717, 1.165) is 18.5 Å². The summed E-state index contributed by atoms with van der Waals surface area (Å²) in [7, 11) is 0. The lowest BCUT2D eigenvalue weighted by molar-refractivity contribution is 0.424. The second kappa shape index (κ2) is 6.22. The highest BCUT2D eigenvalue weighted by atomic mass is 35.5. The van der Waals surface area contributed by atoms with E-state index in [1.807, 2.05) is 16.9 Å². The van der Waals surface area contributed by atoms with Gasteiger partial charge in [-0.3, -0.25) is 14.0 Å². The summed E-state index contributed by atoms with van der Waals surface area (Å²) in [4.78, 5) is 16.0. The molecule has 0 unspecified atom stereocenters. The van der Waals surface area contributed by atoms with Crippen LogP contribution in [0.5, 0.6) is 0 Å². The van der Waals surface area contributed by atoms with Crippen LogP contribution in [-0.2, 0) is 6.54 Å². The Bertz CT molecular complexity index is 643. The molecule has 0 bridgehead atoms. The Kier molecular flexibility index (Phi) is 4.60. The van der Waals surface area contributed by atoms with Crippen molar-refractivity contribution in [2.75, 3.05) is 0 Å². The Hall–Kier alpha value is -1.62. The second-order valence-corrected chi connectivity index (χ2v) is 5.20. The summed E-state index contributed by atoms with van der Waals surface area (Å²) < 4.78 is 3.55. The highest BCUT2D eigenvalue weighted by Gasteiger charge is 2.10. The van der Waals surface area contributed by atoms with Gasteiger partial charge in [-0.2, -0.15) is 5.10 Å². The van der Waals surface area contributed by atoms with Crippen molar-refractivity contribution in [1.82, 2.24) is 19.3 Å². The van der Waals surface area contributed by atoms with E-state index in [-0.39, 0.29) is 10.7 Å². The van der Waals surface area contributed by atoms with E-state index in [0.29, 0.717) is 18.4 Å². The maximum absolute atomic E-state index is 11.9. The third kappa shape index (κ3) is 3.10. The molecule has 0 saturated carbocycles. The number of hydrogen-bond donors (Lipinski definition) is 0. The number of nitrogens with zero attached hydrogens (tertiary/aromatic N) is 4. The smallest absolute Gasteiger partial charge is 0.255 e. The molecule has 2 rings (SSSR count). The average molecular weight is 295 g/mol. The topological polar surface area (TPSA) is 52.7 Å². The van der Waals surface area contributed by atoms with Gasteiger partial charge in [-0.05, 0) is 25.8 Å². The van der Waals surface area contributed by atoms with E-state index >= 15 is 0 Å². The molecule has 0 N–H and O–H groups in total. The van der Waals surface area contributed by atoms with Crippen LogP contribution in [0.3, 0.4) is 0 Å². The lowest BCUT2D eigenvalue weighted by atomic mass is 10.2. The van der Waals surface area contributed by atoms with Crippen molar-refractivity contribution in [1.29, 1.82) is 0 Å². The SMILES string of the molecule is CCC(CC)n1ccc(Cn2c(C)nc(Cl)cc2=O)n1. The first-order valence-electron chi connectivity index (χ1n) is 6.83. The number of rotatable bonds is 5. The fraction of sp³-hybridized carbons (Fsp3) is 0.500. The summed E-state index contributed by atoms with van der Waals surface area (Å²) >= 11 is 5.76. The first-order valence-corrected chi connectivity index (χ1v) is 7.21. The molecule has 0 amide bonds. The van der Waals surface area contributed by atoms with Crippen molar-refractivity contribution < 1.29 is 0 Å². The molecule has 2 heterocycles. The number of halogens is 1. The molecule has 20 heavy (non-hydrogen) atoms. The first kappa shape index (κ1) is 14.8. The molecule has 0 aliphatic heterocycles. The van der Waals surface area contributed by atoms with Crippen LogP contribution in [0.4, 0.5) is 0 Å². The summed E-state index contributed by atoms with van der Waals surface area (Å²) in [5.74, 6) is 0.597. The summed E-state index contributed by atoms with van der Waals surface area (Å²) in [6.45, 7) is 6.48. The lowest BCUT2D eigenvalue weighted by Gasteiger charge is -2.12. The molecule has 0 spiro atoms. The molecule has 0 radical (unpaired) electrons. The Morgan fingerprint density at radius 2 is 2.05 bits per heavy atom. The van der Waals surface area contributed by atoms with E-state index in [2.05, 4.69) is 23.9 Å². The molecule has 2 aromatic rings. The summed E-state index contributed by atoms with van der Waals surface area (Å²) in [6.07, 6.45) is 4.05. The minimum absolute atomic E-state index is 0.153. The van der Waals surface area contributed by atoms with Gasteiger partial charge in [0.25, 0.3) is 5.56 Å². The van der Waals surface area contributed by atoms with Crippen LogP contribution in [0.15, 0.2) is 23.1 Å². The highest BCUT2D eigenvalue weighted by Crippen LogP contribution is 2.14. The quantitative estimate of drug-likeness (QED) is 0.797. The third-order valence-electron chi connectivity index (χ3n) is 3.47. The average Bonchev–Trinajstić information content (AvgIpc) is 2.84. The van der Waals surface area contributed by atoms with Crippen molar-refractivity contribution in [3.8, 4) is 0 Å². The Morgan fingerprint density at radius 1 is 1.35 bits per heavy atom. The first-order chi connectivity index (χ1) is 9.55. The van der Waals surface area contributed by atoms with Gasteiger partial charge in [-0.15, -0.1) is 0 Å². The van der Waals surface area contributed by atoms with Gasteiger partial charge in [0.2, 0.25) is 0 Å². The fourth-order valence-electron chi connectivity index (χ4n) is 2.27. The predicted molar refractivity (Wildman–Crippen MR) is 79.2 cm³/mol. The van der Waals surface area contributed by atoms with Gasteiger partial charge in [-0.1, -0.05) is 25.4 Å². The van der Waals surface area contributed by atoms with Crippen molar-refractivity contribution in [3.05, 3.63) is 45.4 Å². The third-order valence-corrected chi connectivity index (χ3v) is 3.66. The van der Waals surface area contributed by atoms with Crippen LogP contribution in [0.2, 0.25) is 5.15 Å². The zero-order valence-electron chi connectivity index (χ0n) is 12.0. The maximum Gasteiger partial charge on any atom is 0.255 e. The zero-order valence-corrected chi connectivity index (χ0v) is 12.8. The van der Waals surface area contributed by atoms with Crippen LogP contribution in [-0.4, -0.2) is 19.3 Å². The number of hydrogen-bond acceptors (Lipinski definition) is 3. The molecular weight excluding hydrogens is 276 g/mol. The molecule has 0 aliphatic carbocycles. The van der Waals surface area contributed by atoms with Crippen molar-refractivity contribution in [2.45, 2.75) is 46.2 Å². The van der Waals surface area contributed by atoms with Crippen LogP contribution in [0.1, 0.15) is 44.2 Å². The summed E-state index contributed by atoms with van der Waals surface area (Å²) in [5, 5.41) is 4.78. The molecule has 0 aromatic carbocycles. The van der Waals surface area contributed by atoms with E-state index < -0.39 is 0 Å². The minimum Gasteiger partial charge on any atom is -0.291 e. The molecule has 108 valence electrons. The Morgan fingerprint density at radius 3 is 2.65 bits per heavy atom. The minimum atomic E-state index is -0.153.